The Morgan fingerprint density at radius 3 is 2.54 bits per heavy atom. The van der Waals surface area contributed by atoms with Crippen molar-refractivity contribution in [3.05, 3.63) is 29.3 Å². The van der Waals surface area contributed by atoms with Crippen molar-refractivity contribution in [3.63, 3.8) is 0 Å². The molecular weight excluding hydrogens is 187 g/mol. The number of hydrogen-bond donors (Lipinski definition) is 2. The SMILES string of the molecule is NNC(=O)c1cc(F)c(F)nc1F. The third kappa shape index (κ3) is 1.75. The van der Waals surface area contributed by atoms with Gasteiger partial charge in [-0.2, -0.15) is 13.8 Å². The Morgan fingerprint density at radius 2 is 2.00 bits per heavy atom. The van der Waals surface area contributed by atoms with E-state index in [2.05, 4.69) is 10.8 Å². The molecule has 70 valence electrons. The molecular formula is C6H4F3N3O. The van der Waals surface area contributed by atoms with Gasteiger partial charge in [-0.3, -0.25) is 10.2 Å². The normalized spacial score (nSPS) is 9.85. The molecule has 0 bridgehead atoms. The molecule has 0 aliphatic carbocycles. The van der Waals surface area contributed by atoms with Gasteiger partial charge in [0.05, 0.1) is 5.56 Å². The van der Waals surface area contributed by atoms with Crippen LogP contribution in [0.1, 0.15) is 10.4 Å². The molecule has 4 nitrogen and oxygen atoms in total. The number of nitrogen functional groups attached to an aromatic ring is 1. The van der Waals surface area contributed by atoms with Gasteiger partial charge in [0, 0.05) is 0 Å². The molecule has 0 spiro atoms. The third-order valence-electron chi connectivity index (χ3n) is 1.26. The summed E-state index contributed by atoms with van der Waals surface area (Å²) in [5, 5.41) is 0. The Kier molecular flexibility index (Phi) is 2.47. The first-order chi connectivity index (χ1) is 6.06. The average molecular weight is 191 g/mol. The van der Waals surface area contributed by atoms with E-state index in [0.717, 1.165) is 0 Å². The zero-order chi connectivity index (χ0) is 10.0. The molecule has 1 aromatic heterocycles. The van der Waals surface area contributed by atoms with E-state index in [-0.39, 0.29) is 0 Å². The number of rotatable bonds is 1. The zero-order valence-corrected chi connectivity index (χ0v) is 6.14. The summed E-state index contributed by atoms with van der Waals surface area (Å²) >= 11 is 0. The minimum absolute atomic E-state index is 0.375. The highest BCUT2D eigenvalue weighted by molar-refractivity contribution is 5.93. The van der Waals surface area contributed by atoms with Crippen LogP contribution >= 0.6 is 0 Å². The highest BCUT2D eigenvalue weighted by Gasteiger charge is 2.16. The van der Waals surface area contributed by atoms with Gasteiger partial charge in [-0.25, -0.2) is 10.2 Å². The van der Waals surface area contributed by atoms with Crippen molar-refractivity contribution in [1.82, 2.24) is 10.4 Å². The predicted molar refractivity (Wildman–Crippen MR) is 35.8 cm³/mol. The summed E-state index contributed by atoms with van der Waals surface area (Å²) in [5.41, 5.74) is 0.812. The number of nitrogens with two attached hydrogens (primary N) is 1. The first-order valence-corrected chi connectivity index (χ1v) is 3.08. The van der Waals surface area contributed by atoms with Crippen molar-refractivity contribution >= 4 is 5.91 Å². The molecule has 0 aliphatic rings. The fraction of sp³-hybridized carbons (Fsp3) is 0. The van der Waals surface area contributed by atoms with Crippen LogP contribution in [0.4, 0.5) is 13.2 Å². The second kappa shape index (κ2) is 3.40. The molecule has 1 aromatic rings. The molecule has 0 atom stereocenters. The molecule has 0 aliphatic heterocycles. The first-order valence-electron chi connectivity index (χ1n) is 3.08. The first kappa shape index (κ1) is 9.46. The Bertz CT molecular complexity index is 355. The number of halogens is 3. The molecule has 0 aromatic carbocycles. The maximum absolute atomic E-state index is 12.6. The van der Waals surface area contributed by atoms with Gasteiger partial charge in [0.15, 0.2) is 5.82 Å². The second-order valence-electron chi connectivity index (χ2n) is 2.07. The molecule has 1 heterocycles. The lowest BCUT2D eigenvalue weighted by Crippen LogP contribution is -2.31. The van der Waals surface area contributed by atoms with Gasteiger partial charge in [0.2, 0.25) is 5.95 Å². The molecule has 1 rings (SSSR count). The Balaban J connectivity index is 3.23. The monoisotopic (exact) mass is 191 g/mol. The van der Waals surface area contributed by atoms with Crippen molar-refractivity contribution < 1.29 is 18.0 Å². The highest BCUT2D eigenvalue weighted by atomic mass is 19.2. The van der Waals surface area contributed by atoms with E-state index in [0.29, 0.717) is 6.07 Å². The number of aromatic nitrogens is 1. The third-order valence-corrected chi connectivity index (χ3v) is 1.26. The molecule has 0 radical (unpaired) electrons. The summed E-state index contributed by atoms with van der Waals surface area (Å²) in [5.74, 6) is -0.866. The minimum atomic E-state index is -1.61. The van der Waals surface area contributed by atoms with Crippen LogP contribution < -0.4 is 11.3 Å². The van der Waals surface area contributed by atoms with Crippen LogP contribution in [0.3, 0.4) is 0 Å². The van der Waals surface area contributed by atoms with Gasteiger partial charge in [0.1, 0.15) is 0 Å². The molecule has 0 unspecified atom stereocenters. The molecule has 7 heteroatoms. The number of hydrazine groups is 1. The molecule has 0 saturated carbocycles. The number of nitrogens with zero attached hydrogens (tertiary/aromatic N) is 1. The Morgan fingerprint density at radius 1 is 1.38 bits per heavy atom. The molecule has 1 amide bonds. The topological polar surface area (TPSA) is 68.0 Å². The van der Waals surface area contributed by atoms with E-state index in [1.165, 1.54) is 0 Å². The van der Waals surface area contributed by atoms with Crippen molar-refractivity contribution in [1.29, 1.82) is 0 Å². The predicted octanol–water partition coefficient (Wildman–Crippen LogP) is 0.102. The Labute approximate surface area is 70.5 Å². The second-order valence-corrected chi connectivity index (χ2v) is 2.07. The maximum Gasteiger partial charge on any atom is 0.269 e. The number of nitrogens with one attached hydrogen (secondary N) is 1. The van der Waals surface area contributed by atoms with Gasteiger partial charge >= 0.3 is 0 Å². The van der Waals surface area contributed by atoms with E-state index < -0.39 is 29.2 Å². The van der Waals surface area contributed by atoms with Crippen LogP contribution in [0.25, 0.3) is 0 Å². The fourth-order valence-corrected chi connectivity index (χ4v) is 0.683. The molecule has 0 fully saturated rings. The lowest BCUT2D eigenvalue weighted by atomic mass is 10.2. The summed E-state index contributed by atoms with van der Waals surface area (Å²) in [6.07, 6.45) is 0. The van der Waals surface area contributed by atoms with Gasteiger partial charge in [0.25, 0.3) is 11.9 Å². The van der Waals surface area contributed by atoms with Gasteiger partial charge in [-0.1, -0.05) is 0 Å². The highest BCUT2D eigenvalue weighted by Crippen LogP contribution is 2.09. The van der Waals surface area contributed by atoms with Crippen LogP contribution in [0.2, 0.25) is 0 Å². The lowest BCUT2D eigenvalue weighted by molar-refractivity contribution is 0.0947. The van der Waals surface area contributed by atoms with Crippen molar-refractivity contribution in [2.45, 2.75) is 0 Å². The number of carbonyl (C=O) groups is 1. The smallest absolute Gasteiger partial charge is 0.269 e. The van der Waals surface area contributed by atoms with Crippen LogP contribution in [-0.4, -0.2) is 10.9 Å². The summed E-state index contributed by atoms with van der Waals surface area (Å²) in [7, 11) is 0. The van der Waals surface area contributed by atoms with Crippen molar-refractivity contribution in [3.8, 4) is 0 Å². The molecule has 0 saturated heterocycles. The maximum atomic E-state index is 12.6. The van der Waals surface area contributed by atoms with Crippen LogP contribution in [0.5, 0.6) is 0 Å². The minimum Gasteiger partial charge on any atom is -0.290 e. The van der Waals surface area contributed by atoms with E-state index in [1.54, 1.807) is 5.43 Å². The van der Waals surface area contributed by atoms with Gasteiger partial charge in [-0.05, 0) is 6.07 Å². The van der Waals surface area contributed by atoms with Gasteiger partial charge in [-0.15, -0.1) is 0 Å². The standard InChI is InChI=1S/C6H4F3N3O/c7-3-1-2(6(13)12-10)4(8)11-5(3)9/h1H,10H2,(H,12,13). The summed E-state index contributed by atoms with van der Waals surface area (Å²) in [6, 6.07) is 0.375. The summed E-state index contributed by atoms with van der Waals surface area (Å²) in [4.78, 5) is 13.2. The molecule has 13 heavy (non-hydrogen) atoms. The van der Waals surface area contributed by atoms with Crippen LogP contribution in [0.15, 0.2) is 6.07 Å². The van der Waals surface area contributed by atoms with Gasteiger partial charge < -0.3 is 0 Å². The van der Waals surface area contributed by atoms with Crippen molar-refractivity contribution in [2.24, 2.45) is 5.84 Å². The largest absolute Gasteiger partial charge is 0.290 e. The van der Waals surface area contributed by atoms with E-state index >= 15 is 0 Å². The fourth-order valence-electron chi connectivity index (χ4n) is 0.683. The summed E-state index contributed by atoms with van der Waals surface area (Å²) in [6.45, 7) is 0. The number of carbonyl (C=O) groups excluding carboxylic acids is 1. The van der Waals surface area contributed by atoms with Crippen LogP contribution in [-0.2, 0) is 0 Å². The van der Waals surface area contributed by atoms with E-state index in [4.69, 9.17) is 0 Å². The quantitative estimate of drug-likeness (QED) is 0.286. The van der Waals surface area contributed by atoms with E-state index in [1.807, 2.05) is 0 Å². The number of hydrogen-bond acceptors (Lipinski definition) is 3. The molecule has 3 N–H and O–H groups in total. The average Bonchev–Trinajstić information content (AvgIpc) is 2.10. The number of pyridine rings is 1. The Hall–Kier alpha value is -1.63. The number of amides is 1. The summed E-state index contributed by atoms with van der Waals surface area (Å²) < 4.78 is 37.3. The van der Waals surface area contributed by atoms with Crippen LogP contribution in [0, 0.1) is 17.7 Å². The zero-order valence-electron chi connectivity index (χ0n) is 6.14. The lowest BCUT2D eigenvalue weighted by Gasteiger charge is -2.00. The van der Waals surface area contributed by atoms with Crippen molar-refractivity contribution in [2.75, 3.05) is 0 Å². The van der Waals surface area contributed by atoms with E-state index in [9.17, 15) is 18.0 Å².